The number of ketones is 1. The van der Waals surface area contributed by atoms with E-state index in [0.717, 1.165) is 10.5 Å². The molecule has 0 aliphatic carbocycles. The van der Waals surface area contributed by atoms with Crippen molar-refractivity contribution in [2.24, 2.45) is 0 Å². The molecule has 0 N–H and O–H groups in total. The number of Topliss-reactive ketones (excluding diaryl/α,β-unsaturated/α-hetero) is 1. The average molecular weight is 204 g/mol. The van der Waals surface area contributed by atoms with Crippen LogP contribution < -0.4 is 0 Å². The van der Waals surface area contributed by atoms with E-state index in [9.17, 15) is 4.79 Å². The number of nitrogens with zero attached hydrogens (tertiary/aromatic N) is 2. The molecule has 2 rings (SSSR count). The molecule has 1 heterocycles. The number of rotatable bonds is 1. The zero-order valence-electron chi connectivity index (χ0n) is 7.43. The molecule has 1 aliphatic rings. The summed E-state index contributed by atoms with van der Waals surface area (Å²) in [5, 5.41) is 8.54. The van der Waals surface area contributed by atoms with Gasteiger partial charge in [0.2, 0.25) is 0 Å². The summed E-state index contributed by atoms with van der Waals surface area (Å²) in [5.41, 5.74) is 0.770. The second kappa shape index (κ2) is 3.82. The van der Waals surface area contributed by atoms with Crippen LogP contribution in [0.4, 0.5) is 0 Å². The van der Waals surface area contributed by atoms with Gasteiger partial charge in [0.05, 0.1) is 19.2 Å². The van der Waals surface area contributed by atoms with E-state index in [1.165, 1.54) is 11.9 Å². The van der Waals surface area contributed by atoms with Crippen molar-refractivity contribution in [2.75, 3.05) is 13.1 Å². The lowest BCUT2D eigenvalue weighted by Crippen LogP contribution is -2.28. The zero-order chi connectivity index (χ0) is 9.97. The van der Waals surface area contributed by atoms with Crippen LogP contribution in [0.1, 0.15) is 10.4 Å². The number of carbonyl (C=O) groups is 1. The summed E-state index contributed by atoms with van der Waals surface area (Å²) >= 11 is 1.48. The molecular weight excluding hydrogens is 196 g/mol. The topological polar surface area (TPSA) is 44.1 Å². The minimum atomic E-state index is 0.0922. The van der Waals surface area contributed by atoms with Gasteiger partial charge in [0.25, 0.3) is 0 Å². The zero-order valence-corrected chi connectivity index (χ0v) is 8.25. The number of hydrogen-bond acceptors (Lipinski definition) is 4. The lowest BCUT2D eigenvalue weighted by atomic mass is 10.1. The molecule has 0 radical (unpaired) electrons. The SMILES string of the molecule is N#CCN1CC(=O)c2ccccc2S1. The van der Waals surface area contributed by atoms with Gasteiger partial charge in [-0.3, -0.25) is 4.79 Å². The number of benzene rings is 1. The van der Waals surface area contributed by atoms with E-state index in [2.05, 4.69) is 0 Å². The van der Waals surface area contributed by atoms with Crippen molar-refractivity contribution in [2.45, 2.75) is 4.90 Å². The van der Waals surface area contributed by atoms with Crippen LogP contribution in [-0.2, 0) is 0 Å². The maximum Gasteiger partial charge on any atom is 0.179 e. The predicted octanol–water partition coefficient (Wildman–Crippen LogP) is 1.72. The van der Waals surface area contributed by atoms with E-state index >= 15 is 0 Å². The highest BCUT2D eigenvalue weighted by molar-refractivity contribution is 7.97. The van der Waals surface area contributed by atoms with Crippen molar-refractivity contribution < 1.29 is 4.79 Å². The maximum atomic E-state index is 11.6. The highest BCUT2D eigenvalue weighted by Crippen LogP contribution is 2.30. The van der Waals surface area contributed by atoms with Gasteiger partial charge in [-0.15, -0.1) is 0 Å². The molecule has 1 aromatic rings. The Bertz CT molecular complexity index is 411. The molecule has 0 bridgehead atoms. The third-order valence-corrected chi connectivity index (χ3v) is 3.05. The van der Waals surface area contributed by atoms with Crippen LogP contribution in [0.5, 0.6) is 0 Å². The molecule has 0 spiro atoms. The molecule has 14 heavy (non-hydrogen) atoms. The van der Waals surface area contributed by atoms with Gasteiger partial charge in [0.15, 0.2) is 5.78 Å². The number of carbonyl (C=O) groups excluding carboxylic acids is 1. The quantitative estimate of drug-likeness (QED) is 0.516. The first kappa shape index (κ1) is 9.25. The van der Waals surface area contributed by atoms with Gasteiger partial charge in [-0.1, -0.05) is 18.2 Å². The summed E-state index contributed by atoms with van der Waals surface area (Å²) in [4.78, 5) is 12.5. The van der Waals surface area contributed by atoms with Crippen LogP contribution in [0.15, 0.2) is 29.2 Å². The van der Waals surface area contributed by atoms with E-state index in [4.69, 9.17) is 5.26 Å². The monoisotopic (exact) mass is 204 g/mol. The molecule has 0 fully saturated rings. The Balaban J connectivity index is 2.30. The molecule has 1 aliphatic heterocycles. The summed E-state index contributed by atoms with van der Waals surface area (Å²) in [6.45, 7) is 0.611. The molecule has 0 amide bonds. The van der Waals surface area contributed by atoms with Crippen LogP contribution >= 0.6 is 11.9 Å². The molecular formula is C10H8N2OS. The molecule has 70 valence electrons. The highest BCUT2D eigenvalue weighted by atomic mass is 32.2. The van der Waals surface area contributed by atoms with Gasteiger partial charge in [-0.2, -0.15) is 5.26 Å². The maximum absolute atomic E-state index is 11.6. The Morgan fingerprint density at radius 1 is 1.50 bits per heavy atom. The van der Waals surface area contributed by atoms with Crippen LogP contribution in [0.2, 0.25) is 0 Å². The van der Waals surface area contributed by atoms with Crippen LogP contribution in [0, 0.1) is 11.3 Å². The number of hydrogen-bond donors (Lipinski definition) is 0. The Hall–Kier alpha value is -1.31. The van der Waals surface area contributed by atoms with Crippen LogP contribution in [-0.4, -0.2) is 23.2 Å². The van der Waals surface area contributed by atoms with E-state index in [0.29, 0.717) is 6.54 Å². The molecule has 0 aromatic heterocycles. The Kier molecular flexibility index (Phi) is 2.53. The minimum absolute atomic E-state index is 0.0922. The van der Waals surface area contributed by atoms with E-state index < -0.39 is 0 Å². The minimum Gasteiger partial charge on any atom is -0.293 e. The number of fused-ring (bicyclic) bond motifs is 1. The molecule has 0 unspecified atom stereocenters. The normalized spacial score (nSPS) is 16.1. The summed E-state index contributed by atoms with van der Waals surface area (Å²) in [7, 11) is 0. The van der Waals surface area contributed by atoms with Crippen molar-refractivity contribution in [3.8, 4) is 6.07 Å². The Labute approximate surface area is 86.5 Å². The second-order valence-electron chi connectivity index (χ2n) is 2.97. The van der Waals surface area contributed by atoms with Gasteiger partial charge < -0.3 is 0 Å². The smallest absolute Gasteiger partial charge is 0.179 e. The number of nitriles is 1. The standard InChI is InChI=1S/C10H8N2OS/c11-5-6-12-7-9(13)8-3-1-2-4-10(8)14-12/h1-4H,6-7H2. The van der Waals surface area contributed by atoms with Crippen molar-refractivity contribution in [3.63, 3.8) is 0 Å². The van der Waals surface area contributed by atoms with Crippen molar-refractivity contribution in [1.82, 2.24) is 4.31 Å². The van der Waals surface area contributed by atoms with E-state index in [-0.39, 0.29) is 12.3 Å². The summed E-state index contributed by atoms with van der Waals surface area (Å²) < 4.78 is 1.77. The Morgan fingerprint density at radius 2 is 2.29 bits per heavy atom. The third kappa shape index (κ3) is 1.65. The summed E-state index contributed by atoms with van der Waals surface area (Å²) in [6, 6.07) is 9.53. The molecule has 0 saturated carbocycles. The van der Waals surface area contributed by atoms with Crippen molar-refractivity contribution in [1.29, 1.82) is 5.26 Å². The van der Waals surface area contributed by atoms with E-state index in [1.807, 2.05) is 30.3 Å². The van der Waals surface area contributed by atoms with Gasteiger partial charge in [0, 0.05) is 10.5 Å². The largest absolute Gasteiger partial charge is 0.293 e. The van der Waals surface area contributed by atoms with Gasteiger partial charge in [-0.05, 0) is 18.0 Å². The molecule has 0 saturated heterocycles. The molecule has 3 nitrogen and oxygen atoms in total. The van der Waals surface area contributed by atoms with Crippen molar-refractivity contribution in [3.05, 3.63) is 29.8 Å². The fourth-order valence-corrected chi connectivity index (χ4v) is 2.36. The third-order valence-electron chi connectivity index (χ3n) is 1.98. The average Bonchev–Trinajstić information content (AvgIpc) is 2.18. The first-order valence-electron chi connectivity index (χ1n) is 4.23. The van der Waals surface area contributed by atoms with Gasteiger partial charge in [-0.25, -0.2) is 4.31 Å². The predicted molar refractivity (Wildman–Crippen MR) is 53.8 cm³/mol. The first-order valence-corrected chi connectivity index (χ1v) is 5.00. The second-order valence-corrected chi connectivity index (χ2v) is 4.11. The van der Waals surface area contributed by atoms with Crippen LogP contribution in [0.3, 0.4) is 0 Å². The van der Waals surface area contributed by atoms with Gasteiger partial charge >= 0.3 is 0 Å². The summed E-state index contributed by atoms with van der Waals surface area (Å²) in [6.07, 6.45) is 0. The fourth-order valence-electron chi connectivity index (χ4n) is 1.36. The Morgan fingerprint density at radius 3 is 3.07 bits per heavy atom. The highest BCUT2D eigenvalue weighted by Gasteiger charge is 2.22. The van der Waals surface area contributed by atoms with Gasteiger partial charge in [0.1, 0.15) is 0 Å². The first-order chi connectivity index (χ1) is 6.81. The molecule has 4 heteroatoms. The van der Waals surface area contributed by atoms with Crippen LogP contribution in [0.25, 0.3) is 0 Å². The molecule has 1 aromatic carbocycles. The van der Waals surface area contributed by atoms with E-state index in [1.54, 1.807) is 4.31 Å². The van der Waals surface area contributed by atoms with Crippen molar-refractivity contribution >= 4 is 17.7 Å². The summed E-state index contributed by atoms with van der Waals surface area (Å²) in [5.74, 6) is 0.0922. The molecule has 0 atom stereocenters. The lowest BCUT2D eigenvalue weighted by molar-refractivity contribution is 0.0966. The lowest BCUT2D eigenvalue weighted by Gasteiger charge is -2.23. The fraction of sp³-hybridized carbons (Fsp3) is 0.200.